The van der Waals surface area contributed by atoms with Gasteiger partial charge in [-0.25, -0.2) is 0 Å². The van der Waals surface area contributed by atoms with E-state index in [2.05, 4.69) is 10.2 Å². The summed E-state index contributed by atoms with van der Waals surface area (Å²) < 4.78 is 0. The lowest BCUT2D eigenvalue weighted by molar-refractivity contribution is 0.0398. The molecule has 76 valence electrons. The molecule has 0 aromatic heterocycles. The molecular formula is C10H20N2O. The Hall–Kier alpha value is -0.120. The first-order valence-corrected chi connectivity index (χ1v) is 5.49. The molecule has 0 spiro atoms. The largest absolute Gasteiger partial charge is 0.392 e. The van der Waals surface area contributed by atoms with E-state index in [0.29, 0.717) is 6.04 Å². The second-order valence-electron chi connectivity index (χ2n) is 4.29. The number of piperidine rings is 2. The number of likely N-dealkylation sites (tertiary alicyclic amines) is 1. The Morgan fingerprint density at radius 1 is 1.23 bits per heavy atom. The fraction of sp³-hybridized carbons (Fsp3) is 1.00. The number of hydrogen-bond donors (Lipinski definition) is 2. The maximum absolute atomic E-state index is 9.55. The first-order valence-electron chi connectivity index (χ1n) is 5.49. The molecule has 3 heteroatoms. The first kappa shape index (κ1) is 9.44. The van der Waals surface area contributed by atoms with Gasteiger partial charge < -0.3 is 10.4 Å². The quantitative estimate of drug-likeness (QED) is 0.611. The zero-order valence-electron chi connectivity index (χ0n) is 8.21. The van der Waals surface area contributed by atoms with Crippen molar-refractivity contribution in [2.75, 3.05) is 26.2 Å². The number of nitrogens with one attached hydrogen (secondary N) is 1. The molecule has 13 heavy (non-hydrogen) atoms. The summed E-state index contributed by atoms with van der Waals surface area (Å²) >= 11 is 0. The van der Waals surface area contributed by atoms with Crippen molar-refractivity contribution in [2.45, 2.75) is 37.8 Å². The smallest absolute Gasteiger partial charge is 0.0667 e. The molecule has 0 amide bonds. The highest BCUT2D eigenvalue weighted by atomic mass is 16.3. The minimum absolute atomic E-state index is 0.0734. The fourth-order valence-electron chi connectivity index (χ4n) is 2.46. The topological polar surface area (TPSA) is 35.5 Å². The predicted molar refractivity (Wildman–Crippen MR) is 52.7 cm³/mol. The minimum atomic E-state index is -0.0734. The molecule has 2 atom stereocenters. The summed E-state index contributed by atoms with van der Waals surface area (Å²) in [6.45, 7) is 4.37. The third-order valence-electron chi connectivity index (χ3n) is 3.22. The normalized spacial score (nSPS) is 37.6. The Morgan fingerprint density at radius 2 is 2.15 bits per heavy atom. The number of aliphatic hydroxyl groups excluding tert-OH is 1. The van der Waals surface area contributed by atoms with E-state index in [9.17, 15) is 5.11 Å². The summed E-state index contributed by atoms with van der Waals surface area (Å²) in [6, 6.07) is 0.684. The van der Waals surface area contributed by atoms with Crippen molar-refractivity contribution in [3.63, 3.8) is 0 Å². The van der Waals surface area contributed by atoms with Crippen molar-refractivity contribution in [2.24, 2.45) is 0 Å². The average molecular weight is 184 g/mol. The lowest BCUT2D eigenvalue weighted by Crippen LogP contribution is -2.50. The summed E-state index contributed by atoms with van der Waals surface area (Å²) in [7, 11) is 0. The minimum Gasteiger partial charge on any atom is -0.392 e. The zero-order chi connectivity index (χ0) is 9.10. The van der Waals surface area contributed by atoms with E-state index in [0.717, 1.165) is 25.9 Å². The third-order valence-corrected chi connectivity index (χ3v) is 3.22. The molecule has 2 N–H and O–H groups in total. The highest BCUT2D eigenvalue weighted by Gasteiger charge is 2.25. The van der Waals surface area contributed by atoms with Gasteiger partial charge in [0.2, 0.25) is 0 Å². The molecule has 0 aromatic carbocycles. The Bertz CT molecular complexity index is 157. The van der Waals surface area contributed by atoms with Gasteiger partial charge in [0.15, 0.2) is 0 Å². The fourth-order valence-corrected chi connectivity index (χ4v) is 2.46. The Kier molecular flexibility index (Phi) is 3.19. The van der Waals surface area contributed by atoms with Crippen molar-refractivity contribution in [1.29, 1.82) is 0 Å². The molecule has 2 fully saturated rings. The van der Waals surface area contributed by atoms with Gasteiger partial charge in [-0.3, -0.25) is 4.90 Å². The molecule has 2 saturated heterocycles. The summed E-state index contributed by atoms with van der Waals surface area (Å²) in [5, 5.41) is 13.0. The second kappa shape index (κ2) is 4.40. The molecule has 0 saturated carbocycles. The van der Waals surface area contributed by atoms with Crippen molar-refractivity contribution < 1.29 is 5.11 Å². The van der Waals surface area contributed by atoms with Crippen LogP contribution in [0.2, 0.25) is 0 Å². The van der Waals surface area contributed by atoms with Crippen LogP contribution in [0.3, 0.4) is 0 Å². The van der Waals surface area contributed by atoms with Gasteiger partial charge in [0.05, 0.1) is 6.10 Å². The van der Waals surface area contributed by atoms with Crippen LogP contribution in [0.25, 0.3) is 0 Å². The van der Waals surface area contributed by atoms with Crippen LogP contribution in [-0.2, 0) is 0 Å². The maximum atomic E-state index is 9.55. The van der Waals surface area contributed by atoms with Crippen molar-refractivity contribution in [3.8, 4) is 0 Å². The van der Waals surface area contributed by atoms with Crippen LogP contribution in [-0.4, -0.2) is 48.3 Å². The van der Waals surface area contributed by atoms with E-state index in [1.54, 1.807) is 0 Å². The predicted octanol–water partition coefficient (Wildman–Crippen LogP) is 0.195. The van der Waals surface area contributed by atoms with Crippen LogP contribution in [0.5, 0.6) is 0 Å². The van der Waals surface area contributed by atoms with Crippen LogP contribution in [0.15, 0.2) is 0 Å². The summed E-state index contributed by atoms with van der Waals surface area (Å²) in [6.07, 6.45) is 4.68. The van der Waals surface area contributed by atoms with Gasteiger partial charge in [-0.05, 0) is 38.8 Å². The van der Waals surface area contributed by atoms with Crippen LogP contribution >= 0.6 is 0 Å². The lowest BCUT2D eigenvalue weighted by Gasteiger charge is -2.38. The van der Waals surface area contributed by atoms with Crippen LogP contribution < -0.4 is 5.32 Å². The molecule has 2 aliphatic heterocycles. The van der Waals surface area contributed by atoms with Gasteiger partial charge in [0, 0.05) is 19.1 Å². The molecule has 0 aliphatic carbocycles. The molecule has 0 aromatic rings. The number of rotatable bonds is 1. The SMILES string of the molecule is O[C@H]1CCCN([C@@H]2CCCNC2)C1. The van der Waals surface area contributed by atoms with E-state index in [-0.39, 0.29) is 6.10 Å². The lowest BCUT2D eigenvalue weighted by atomic mass is 10.0. The number of β-amino-alcohol motifs (C(OH)–C–C–N with tert-alkyl or cyclic N) is 1. The Labute approximate surface area is 80.1 Å². The number of aliphatic hydroxyl groups is 1. The van der Waals surface area contributed by atoms with Crippen molar-refractivity contribution in [1.82, 2.24) is 10.2 Å². The van der Waals surface area contributed by atoms with Gasteiger partial charge in [0.1, 0.15) is 0 Å². The highest BCUT2D eigenvalue weighted by Crippen LogP contribution is 2.16. The van der Waals surface area contributed by atoms with Gasteiger partial charge in [-0.1, -0.05) is 0 Å². The zero-order valence-corrected chi connectivity index (χ0v) is 8.21. The third kappa shape index (κ3) is 2.42. The van der Waals surface area contributed by atoms with Gasteiger partial charge in [0.25, 0.3) is 0 Å². The first-order chi connectivity index (χ1) is 6.36. The van der Waals surface area contributed by atoms with E-state index in [4.69, 9.17) is 0 Å². The second-order valence-corrected chi connectivity index (χ2v) is 4.29. The number of nitrogens with zero attached hydrogens (tertiary/aromatic N) is 1. The monoisotopic (exact) mass is 184 g/mol. The van der Waals surface area contributed by atoms with Crippen LogP contribution in [0, 0.1) is 0 Å². The maximum Gasteiger partial charge on any atom is 0.0667 e. The van der Waals surface area contributed by atoms with Crippen molar-refractivity contribution in [3.05, 3.63) is 0 Å². The Morgan fingerprint density at radius 3 is 2.85 bits per heavy atom. The van der Waals surface area contributed by atoms with Gasteiger partial charge in [-0.15, -0.1) is 0 Å². The van der Waals surface area contributed by atoms with E-state index in [1.165, 1.54) is 25.9 Å². The van der Waals surface area contributed by atoms with E-state index >= 15 is 0 Å². The molecule has 2 aliphatic rings. The average Bonchev–Trinajstić information content (AvgIpc) is 2.19. The van der Waals surface area contributed by atoms with E-state index in [1.807, 2.05) is 0 Å². The summed E-state index contributed by atoms with van der Waals surface area (Å²) in [5.41, 5.74) is 0. The molecule has 0 bridgehead atoms. The molecule has 2 heterocycles. The van der Waals surface area contributed by atoms with Crippen LogP contribution in [0.4, 0.5) is 0 Å². The Balaban J connectivity index is 1.83. The molecule has 0 unspecified atom stereocenters. The molecule has 0 radical (unpaired) electrons. The number of hydrogen-bond acceptors (Lipinski definition) is 3. The highest BCUT2D eigenvalue weighted by molar-refractivity contribution is 4.82. The van der Waals surface area contributed by atoms with Gasteiger partial charge in [-0.2, -0.15) is 0 Å². The molecular weight excluding hydrogens is 164 g/mol. The molecule has 2 rings (SSSR count). The van der Waals surface area contributed by atoms with E-state index < -0.39 is 0 Å². The van der Waals surface area contributed by atoms with Crippen LogP contribution in [0.1, 0.15) is 25.7 Å². The van der Waals surface area contributed by atoms with Gasteiger partial charge >= 0.3 is 0 Å². The molecule has 3 nitrogen and oxygen atoms in total. The van der Waals surface area contributed by atoms with Crippen molar-refractivity contribution >= 4 is 0 Å². The summed E-state index contributed by atoms with van der Waals surface area (Å²) in [4.78, 5) is 2.46. The standard InChI is InChI=1S/C10H20N2O/c13-10-4-2-6-12(8-10)9-3-1-5-11-7-9/h9-11,13H,1-8H2/t9-,10+/m1/s1. The summed E-state index contributed by atoms with van der Waals surface area (Å²) in [5.74, 6) is 0.